The minimum Gasteiger partial charge on any atom is -0.468 e. The van der Waals surface area contributed by atoms with Crippen LogP contribution in [-0.2, 0) is 20.7 Å². The fraction of sp³-hybridized carbons (Fsp3) is 0.207. The Morgan fingerprint density at radius 3 is 2.54 bits per heavy atom. The Hall–Kier alpha value is -4.59. The van der Waals surface area contributed by atoms with Gasteiger partial charge in [0.25, 0.3) is 5.91 Å². The normalized spacial score (nSPS) is 12.6. The van der Waals surface area contributed by atoms with E-state index in [1.807, 2.05) is 60.8 Å². The van der Waals surface area contributed by atoms with E-state index in [-0.39, 0.29) is 24.8 Å². The predicted molar refractivity (Wildman–Crippen MR) is 145 cm³/mol. The topological polar surface area (TPSA) is 94.7 Å². The van der Waals surface area contributed by atoms with Crippen LogP contribution in [0.1, 0.15) is 29.3 Å². The highest BCUT2D eigenvalue weighted by molar-refractivity contribution is 6.16. The Labute approximate surface area is 214 Å². The van der Waals surface area contributed by atoms with Crippen LogP contribution < -0.4 is 15.1 Å². The molecule has 37 heavy (non-hydrogen) atoms. The third kappa shape index (κ3) is 4.65. The van der Waals surface area contributed by atoms with Crippen molar-refractivity contribution in [3.05, 3.63) is 84.1 Å². The van der Waals surface area contributed by atoms with Crippen molar-refractivity contribution in [1.29, 1.82) is 0 Å². The number of rotatable bonds is 7. The quantitative estimate of drug-likeness (QED) is 0.350. The van der Waals surface area contributed by atoms with Gasteiger partial charge in [0.1, 0.15) is 6.54 Å². The molecular weight excluding hydrogens is 468 g/mol. The van der Waals surface area contributed by atoms with Crippen molar-refractivity contribution in [2.24, 2.45) is 0 Å². The fourth-order valence-corrected chi connectivity index (χ4v) is 4.79. The molecule has 0 aliphatic carbocycles. The lowest BCUT2D eigenvalue weighted by Crippen LogP contribution is -2.36. The van der Waals surface area contributed by atoms with Crippen LogP contribution in [0.25, 0.3) is 10.9 Å². The Kier molecular flexibility index (Phi) is 6.64. The number of fused-ring (bicyclic) bond motifs is 3. The second-order valence-corrected chi connectivity index (χ2v) is 8.92. The molecule has 8 heteroatoms. The number of benzene rings is 3. The number of aromatic nitrogens is 1. The third-order valence-electron chi connectivity index (χ3n) is 6.50. The van der Waals surface area contributed by atoms with E-state index in [0.29, 0.717) is 23.5 Å². The third-order valence-corrected chi connectivity index (χ3v) is 6.50. The van der Waals surface area contributed by atoms with E-state index in [1.54, 1.807) is 12.1 Å². The standard InChI is InChI=1S/C29H28N4O4/c1-3-14-32-24-11-7-5-9-22(24)29(36)33(18-28(35)37-2)26-16-20(12-13-25(26)32)31-27(34)15-19-17-30-23-10-6-4-8-21(19)23/h4-13,16-17,30H,3,14-15,18H2,1-2H3,(H,31,34). The first-order valence-corrected chi connectivity index (χ1v) is 12.2. The number of carbonyl (C=O) groups is 3. The van der Waals surface area contributed by atoms with E-state index in [0.717, 1.165) is 34.3 Å². The lowest BCUT2D eigenvalue weighted by molar-refractivity contribution is -0.138. The maximum Gasteiger partial charge on any atom is 0.325 e. The van der Waals surface area contributed by atoms with E-state index in [1.165, 1.54) is 12.0 Å². The average Bonchev–Trinajstić information content (AvgIpc) is 3.29. The zero-order chi connectivity index (χ0) is 25.9. The summed E-state index contributed by atoms with van der Waals surface area (Å²) in [6, 6.07) is 20.7. The molecule has 0 atom stereocenters. The molecule has 0 saturated heterocycles. The first-order valence-electron chi connectivity index (χ1n) is 12.2. The predicted octanol–water partition coefficient (Wildman–Crippen LogP) is 5.03. The summed E-state index contributed by atoms with van der Waals surface area (Å²) in [5, 5.41) is 3.96. The summed E-state index contributed by atoms with van der Waals surface area (Å²) in [7, 11) is 1.30. The maximum absolute atomic E-state index is 13.7. The van der Waals surface area contributed by atoms with Crippen LogP contribution in [0.3, 0.4) is 0 Å². The van der Waals surface area contributed by atoms with Gasteiger partial charge >= 0.3 is 5.97 Å². The van der Waals surface area contributed by atoms with Crippen LogP contribution in [0.15, 0.2) is 72.9 Å². The largest absolute Gasteiger partial charge is 0.468 e. The number of aromatic amines is 1. The fourth-order valence-electron chi connectivity index (χ4n) is 4.79. The summed E-state index contributed by atoms with van der Waals surface area (Å²) in [6.45, 7) is 2.50. The van der Waals surface area contributed by atoms with E-state index >= 15 is 0 Å². The summed E-state index contributed by atoms with van der Waals surface area (Å²) in [4.78, 5) is 45.7. The summed E-state index contributed by atoms with van der Waals surface area (Å²) in [5.74, 6) is -1.02. The average molecular weight is 497 g/mol. The number of esters is 1. The molecule has 2 amide bonds. The van der Waals surface area contributed by atoms with Gasteiger partial charge in [0.15, 0.2) is 0 Å². The molecule has 1 aromatic heterocycles. The molecule has 5 rings (SSSR count). The zero-order valence-electron chi connectivity index (χ0n) is 20.8. The molecule has 2 heterocycles. The van der Waals surface area contributed by atoms with Crippen molar-refractivity contribution in [1.82, 2.24) is 4.98 Å². The van der Waals surface area contributed by atoms with Gasteiger partial charge in [-0.05, 0) is 48.4 Å². The molecule has 0 radical (unpaired) electrons. The lowest BCUT2D eigenvalue weighted by Gasteiger charge is -2.27. The van der Waals surface area contributed by atoms with E-state index < -0.39 is 5.97 Å². The number of methoxy groups -OCH3 is 1. The number of nitrogens with zero attached hydrogens (tertiary/aromatic N) is 2. The highest BCUT2D eigenvalue weighted by Gasteiger charge is 2.32. The van der Waals surface area contributed by atoms with Gasteiger partial charge in [0, 0.05) is 29.3 Å². The number of ether oxygens (including phenoxy) is 1. The van der Waals surface area contributed by atoms with Crippen LogP contribution in [0, 0.1) is 0 Å². The van der Waals surface area contributed by atoms with Crippen LogP contribution in [0.4, 0.5) is 22.7 Å². The van der Waals surface area contributed by atoms with Crippen LogP contribution >= 0.6 is 0 Å². The van der Waals surface area contributed by atoms with Gasteiger partial charge in [-0.3, -0.25) is 19.3 Å². The molecule has 1 aliphatic rings. The lowest BCUT2D eigenvalue weighted by atomic mass is 10.1. The molecule has 0 spiro atoms. The first kappa shape index (κ1) is 24.1. The molecule has 2 N–H and O–H groups in total. The molecule has 1 aliphatic heterocycles. The second-order valence-electron chi connectivity index (χ2n) is 8.92. The molecule has 0 bridgehead atoms. The van der Waals surface area contributed by atoms with Crippen molar-refractivity contribution in [2.75, 3.05) is 35.3 Å². The molecule has 3 aromatic carbocycles. The zero-order valence-corrected chi connectivity index (χ0v) is 20.8. The number of hydrogen-bond donors (Lipinski definition) is 2. The van der Waals surface area contributed by atoms with E-state index in [9.17, 15) is 14.4 Å². The Morgan fingerprint density at radius 1 is 0.946 bits per heavy atom. The van der Waals surface area contributed by atoms with Gasteiger partial charge < -0.3 is 19.9 Å². The number of amides is 2. The monoisotopic (exact) mass is 496 g/mol. The van der Waals surface area contributed by atoms with Crippen molar-refractivity contribution in [3.8, 4) is 0 Å². The van der Waals surface area contributed by atoms with Gasteiger partial charge in [-0.15, -0.1) is 0 Å². The Balaban J connectivity index is 1.51. The van der Waals surface area contributed by atoms with Crippen molar-refractivity contribution >= 4 is 51.4 Å². The Morgan fingerprint density at radius 2 is 1.73 bits per heavy atom. The smallest absolute Gasteiger partial charge is 0.325 e. The summed E-state index contributed by atoms with van der Waals surface area (Å²) >= 11 is 0. The molecule has 0 unspecified atom stereocenters. The van der Waals surface area contributed by atoms with Crippen LogP contribution in [0.2, 0.25) is 0 Å². The van der Waals surface area contributed by atoms with Crippen molar-refractivity contribution in [2.45, 2.75) is 19.8 Å². The highest BCUT2D eigenvalue weighted by atomic mass is 16.5. The van der Waals surface area contributed by atoms with Gasteiger partial charge in [-0.2, -0.15) is 0 Å². The molecule has 8 nitrogen and oxygen atoms in total. The number of nitrogens with one attached hydrogen (secondary N) is 2. The van der Waals surface area contributed by atoms with Crippen LogP contribution in [0.5, 0.6) is 0 Å². The number of para-hydroxylation sites is 2. The van der Waals surface area contributed by atoms with Crippen molar-refractivity contribution < 1.29 is 19.1 Å². The number of H-pyrrole nitrogens is 1. The molecule has 0 fully saturated rings. The molecular formula is C29H28N4O4. The number of anilines is 4. The second kappa shape index (κ2) is 10.2. The van der Waals surface area contributed by atoms with Gasteiger partial charge in [0.2, 0.25) is 5.91 Å². The van der Waals surface area contributed by atoms with Gasteiger partial charge in [-0.25, -0.2) is 0 Å². The SMILES string of the molecule is CCCN1c2ccccc2C(=O)N(CC(=O)OC)c2cc(NC(=O)Cc3c[nH]c4ccccc34)ccc21. The number of hydrogen-bond acceptors (Lipinski definition) is 5. The number of carbonyl (C=O) groups excluding carboxylic acids is 3. The molecule has 4 aromatic rings. The van der Waals surface area contributed by atoms with Gasteiger partial charge in [0.05, 0.1) is 36.2 Å². The van der Waals surface area contributed by atoms with Crippen LogP contribution in [-0.4, -0.2) is 43.0 Å². The summed E-state index contributed by atoms with van der Waals surface area (Å²) < 4.78 is 4.89. The first-order chi connectivity index (χ1) is 18.0. The molecule has 0 saturated carbocycles. The summed E-state index contributed by atoms with van der Waals surface area (Å²) in [5.41, 5.74) is 5.00. The Bertz CT molecular complexity index is 1490. The van der Waals surface area contributed by atoms with Crippen molar-refractivity contribution in [3.63, 3.8) is 0 Å². The van der Waals surface area contributed by atoms with Gasteiger partial charge in [-0.1, -0.05) is 37.3 Å². The van der Waals surface area contributed by atoms with E-state index in [2.05, 4.69) is 22.1 Å². The highest BCUT2D eigenvalue weighted by Crippen LogP contribution is 2.42. The minimum absolute atomic E-state index is 0.183. The van der Waals surface area contributed by atoms with E-state index in [4.69, 9.17) is 4.74 Å². The maximum atomic E-state index is 13.7. The minimum atomic E-state index is -0.533. The summed E-state index contributed by atoms with van der Waals surface area (Å²) in [6.07, 6.45) is 2.89. The molecule has 188 valence electrons.